The number of sulfonamides is 2. The molecule has 12 heteroatoms. The van der Waals surface area contributed by atoms with E-state index in [9.17, 15) is 21.6 Å². The molecule has 1 aliphatic heterocycles. The Bertz CT molecular complexity index is 1180. The minimum Gasteiger partial charge on any atom is -0.492 e. The summed E-state index contributed by atoms with van der Waals surface area (Å²) in [6, 6.07) is 13.7. The van der Waals surface area contributed by atoms with Crippen molar-refractivity contribution in [1.29, 1.82) is 0 Å². The number of hydrogen-bond acceptors (Lipinski definition) is 7. The Morgan fingerprint density at radius 3 is 2.26 bits per heavy atom. The van der Waals surface area contributed by atoms with Gasteiger partial charge in [-0.25, -0.2) is 16.8 Å². The zero-order valence-corrected chi connectivity index (χ0v) is 21.4. The van der Waals surface area contributed by atoms with Gasteiger partial charge in [0.2, 0.25) is 26.0 Å². The van der Waals surface area contributed by atoms with Crippen LogP contribution in [0, 0.1) is 0 Å². The summed E-state index contributed by atoms with van der Waals surface area (Å²) in [6.45, 7) is 3.41. The van der Waals surface area contributed by atoms with Crippen molar-refractivity contribution in [3.63, 3.8) is 0 Å². The van der Waals surface area contributed by atoms with Crippen molar-refractivity contribution in [3.05, 3.63) is 54.6 Å². The third-order valence-electron chi connectivity index (χ3n) is 5.44. The molecule has 10 nitrogen and oxygen atoms in total. The van der Waals surface area contributed by atoms with E-state index in [2.05, 4.69) is 5.32 Å². The molecule has 0 saturated carbocycles. The molecule has 192 valence electrons. The number of nitrogens with zero attached hydrogens (tertiary/aromatic N) is 2. The van der Waals surface area contributed by atoms with Crippen LogP contribution in [0.15, 0.2) is 59.5 Å². The van der Waals surface area contributed by atoms with E-state index in [-0.39, 0.29) is 24.5 Å². The van der Waals surface area contributed by atoms with Crippen molar-refractivity contribution in [3.8, 4) is 5.75 Å². The molecular weight excluding hydrogens is 494 g/mol. The number of rotatable bonds is 11. The summed E-state index contributed by atoms with van der Waals surface area (Å²) >= 11 is 0. The zero-order chi connectivity index (χ0) is 25.5. The van der Waals surface area contributed by atoms with Gasteiger partial charge in [-0.3, -0.25) is 9.10 Å². The third kappa shape index (κ3) is 6.94. The number of amides is 1. The average Bonchev–Trinajstić information content (AvgIpc) is 2.85. The first-order valence-corrected chi connectivity index (χ1v) is 14.6. The molecule has 1 aliphatic rings. The molecule has 1 amide bonds. The van der Waals surface area contributed by atoms with Crippen LogP contribution >= 0.6 is 0 Å². The molecule has 1 atom stereocenters. The standard InChI is InChI=1S/C23H31N3O7S2/c1-3-22(26(34(2,28)29)19-7-5-4-6-8-19)23(27)24-13-16-33-20-9-11-21(12-10-20)35(30,31)25-14-17-32-18-15-25/h4-12,22H,3,13-18H2,1-2H3,(H,24,27)/t22-/m1/s1. The van der Waals surface area contributed by atoms with Crippen molar-refractivity contribution in [1.82, 2.24) is 9.62 Å². The number of carbonyl (C=O) groups is 1. The summed E-state index contributed by atoms with van der Waals surface area (Å²) in [5, 5.41) is 2.72. The Morgan fingerprint density at radius 2 is 1.69 bits per heavy atom. The fourth-order valence-corrected chi connectivity index (χ4v) is 6.36. The lowest BCUT2D eigenvalue weighted by molar-refractivity contribution is -0.122. The number of hydrogen-bond donors (Lipinski definition) is 1. The predicted molar refractivity (Wildman–Crippen MR) is 132 cm³/mol. The van der Waals surface area contributed by atoms with Crippen molar-refractivity contribution < 1.29 is 31.1 Å². The summed E-state index contributed by atoms with van der Waals surface area (Å²) in [5.74, 6) is 0.0200. The second-order valence-corrected chi connectivity index (χ2v) is 11.7. The first-order valence-electron chi connectivity index (χ1n) is 11.3. The molecule has 0 spiro atoms. The second-order valence-electron chi connectivity index (χ2n) is 7.95. The number of carbonyl (C=O) groups excluding carboxylic acids is 1. The number of ether oxygens (including phenoxy) is 2. The van der Waals surface area contributed by atoms with Gasteiger partial charge in [-0.1, -0.05) is 25.1 Å². The maximum atomic E-state index is 12.8. The van der Waals surface area contributed by atoms with Gasteiger partial charge in [-0.2, -0.15) is 4.31 Å². The van der Waals surface area contributed by atoms with Crippen LogP contribution in [0.3, 0.4) is 0 Å². The van der Waals surface area contributed by atoms with Crippen LogP contribution in [0.5, 0.6) is 5.75 Å². The van der Waals surface area contributed by atoms with E-state index in [4.69, 9.17) is 9.47 Å². The maximum Gasteiger partial charge on any atom is 0.244 e. The molecule has 1 N–H and O–H groups in total. The van der Waals surface area contributed by atoms with Crippen LogP contribution in [0.4, 0.5) is 5.69 Å². The predicted octanol–water partition coefficient (Wildman–Crippen LogP) is 1.45. The fraction of sp³-hybridized carbons (Fsp3) is 0.435. The van der Waals surface area contributed by atoms with E-state index < -0.39 is 32.0 Å². The van der Waals surface area contributed by atoms with Crippen LogP contribution in [-0.4, -0.2) is 78.8 Å². The van der Waals surface area contributed by atoms with Crippen molar-refractivity contribution >= 4 is 31.6 Å². The lowest BCUT2D eigenvalue weighted by Crippen LogP contribution is -2.49. The topological polar surface area (TPSA) is 122 Å². The molecule has 0 unspecified atom stereocenters. The number of morpholine rings is 1. The third-order valence-corrected chi connectivity index (χ3v) is 8.53. The highest BCUT2D eigenvalue weighted by atomic mass is 32.2. The van der Waals surface area contributed by atoms with E-state index in [0.29, 0.717) is 37.7 Å². The Morgan fingerprint density at radius 1 is 1.06 bits per heavy atom. The largest absolute Gasteiger partial charge is 0.492 e. The summed E-state index contributed by atoms with van der Waals surface area (Å²) < 4.78 is 63.6. The van der Waals surface area contributed by atoms with E-state index in [0.717, 1.165) is 10.6 Å². The fourth-order valence-electron chi connectivity index (χ4n) is 3.74. The average molecular weight is 526 g/mol. The molecule has 2 aromatic rings. The molecule has 0 radical (unpaired) electrons. The van der Waals surface area contributed by atoms with Crippen LogP contribution in [-0.2, 0) is 29.6 Å². The highest BCUT2D eigenvalue weighted by Gasteiger charge is 2.31. The van der Waals surface area contributed by atoms with Crippen LogP contribution in [0.1, 0.15) is 13.3 Å². The number of benzene rings is 2. The summed E-state index contributed by atoms with van der Waals surface area (Å²) in [6.07, 6.45) is 1.36. The minimum atomic E-state index is -3.69. The summed E-state index contributed by atoms with van der Waals surface area (Å²) in [4.78, 5) is 13.0. The monoisotopic (exact) mass is 525 g/mol. The minimum absolute atomic E-state index is 0.127. The SMILES string of the molecule is CC[C@H](C(=O)NCCOc1ccc(S(=O)(=O)N2CCOCC2)cc1)N(c1ccccc1)S(C)(=O)=O. The van der Waals surface area contributed by atoms with Gasteiger partial charge < -0.3 is 14.8 Å². The zero-order valence-electron chi connectivity index (χ0n) is 19.8. The molecule has 35 heavy (non-hydrogen) atoms. The quantitative estimate of drug-likeness (QED) is 0.441. The normalized spacial score (nSPS) is 15.8. The summed E-state index contributed by atoms with van der Waals surface area (Å²) in [5.41, 5.74) is 0.417. The van der Waals surface area contributed by atoms with Gasteiger partial charge in [-0.15, -0.1) is 0 Å². The summed E-state index contributed by atoms with van der Waals surface area (Å²) in [7, 11) is -7.27. The van der Waals surface area contributed by atoms with Gasteiger partial charge in [0.1, 0.15) is 18.4 Å². The van der Waals surface area contributed by atoms with Gasteiger partial charge in [0, 0.05) is 13.1 Å². The Labute approximate surface area is 206 Å². The molecular formula is C23H31N3O7S2. The van der Waals surface area contributed by atoms with Crippen molar-refractivity contribution in [2.75, 3.05) is 50.0 Å². The van der Waals surface area contributed by atoms with E-state index >= 15 is 0 Å². The van der Waals surface area contributed by atoms with E-state index in [1.807, 2.05) is 0 Å². The lowest BCUT2D eigenvalue weighted by atomic mass is 10.2. The molecule has 1 heterocycles. The van der Waals surface area contributed by atoms with Gasteiger partial charge in [-0.05, 0) is 42.8 Å². The Kier molecular flexibility index (Phi) is 9.11. The lowest BCUT2D eigenvalue weighted by Gasteiger charge is -2.30. The van der Waals surface area contributed by atoms with E-state index in [1.54, 1.807) is 49.4 Å². The number of anilines is 1. The Balaban J connectivity index is 1.55. The first kappa shape index (κ1) is 26.9. The van der Waals surface area contributed by atoms with E-state index in [1.165, 1.54) is 16.4 Å². The number of nitrogens with one attached hydrogen (secondary N) is 1. The van der Waals surface area contributed by atoms with Crippen LogP contribution < -0.4 is 14.4 Å². The van der Waals surface area contributed by atoms with Gasteiger partial charge >= 0.3 is 0 Å². The van der Waals surface area contributed by atoms with Gasteiger partial charge in [0.15, 0.2) is 0 Å². The molecule has 0 aliphatic carbocycles. The first-order chi connectivity index (χ1) is 16.6. The highest BCUT2D eigenvalue weighted by molar-refractivity contribution is 7.92. The second kappa shape index (κ2) is 11.8. The van der Waals surface area contributed by atoms with Gasteiger partial charge in [0.25, 0.3) is 0 Å². The molecule has 2 aromatic carbocycles. The highest BCUT2D eigenvalue weighted by Crippen LogP contribution is 2.22. The van der Waals surface area contributed by atoms with Crippen LogP contribution in [0.25, 0.3) is 0 Å². The van der Waals surface area contributed by atoms with Gasteiger partial charge in [0.05, 0.1) is 36.6 Å². The van der Waals surface area contributed by atoms with Crippen molar-refractivity contribution in [2.24, 2.45) is 0 Å². The smallest absolute Gasteiger partial charge is 0.244 e. The molecule has 3 rings (SSSR count). The molecule has 1 saturated heterocycles. The van der Waals surface area contributed by atoms with Crippen molar-refractivity contribution in [2.45, 2.75) is 24.3 Å². The maximum absolute atomic E-state index is 12.8. The molecule has 1 fully saturated rings. The molecule has 0 bridgehead atoms. The number of para-hydroxylation sites is 1. The molecule has 0 aromatic heterocycles. The Hall–Kier alpha value is -2.67. The van der Waals surface area contributed by atoms with Crippen LogP contribution in [0.2, 0.25) is 0 Å².